The Bertz CT molecular complexity index is 1420. The second-order valence-electron chi connectivity index (χ2n) is 11.0. The fraction of sp³-hybridized carbons (Fsp3) is 0.433. The minimum absolute atomic E-state index is 0.0614. The third-order valence-corrected chi connectivity index (χ3v) is 9.13. The fourth-order valence-electron chi connectivity index (χ4n) is 6.29. The average molecular weight is 563 g/mol. The van der Waals surface area contributed by atoms with Gasteiger partial charge in [0.25, 0.3) is 17.4 Å². The molecule has 2 unspecified atom stereocenters. The molecule has 40 heavy (non-hydrogen) atoms. The van der Waals surface area contributed by atoms with Gasteiger partial charge in [0.15, 0.2) is 0 Å². The number of carbonyl (C=O) groups excluding carboxylic acids is 2. The average Bonchev–Trinajstić information content (AvgIpc) is 3.52. The van der Waals surface area contributed by atoms with Crippen LogP contribution in [0.3, 0.4) is 0 Å². The number of nitrogens with one attached hydrogen (secondary N) is 3. The van der Waals surface area contributed by atoms with Crippen LogP contribution in [-0.2, 0) is 11.3 Å². The van der Waals surface area contributed by atoms with Crippen molar-refractivity contribution in [3.05, 3.63) is 80.4 Å². The predicted molar refractivity (Wildman–Crippen MR) is 156 cm³/mol. The van der Waals surface area contributed by atoms with Crippen LogP contribution in [0.5, 0.6) is 0 Å². The van der Waals surface area contributed by atoms with E-state index in [0.717, 1.165) is 70.2 Å². The molecule has 0 saturated carbocycles. The van der Waals surface area contributed by atoms with Gasteiger partial charge in [0.1, 0.15) is 13.1 Å². The number of rotatable bonds is 8. The summed E-state index contributed by atoms with van der Waals surface area (Å²) >= 11 is 1.39. The maximum Gasteiger partial charge on any atom is 0.265 e. The number of quaternary nitrogens is 1. The van der Waals surface area contributed by atoms with Crippen molar-refractivity contribution in [1.82, 2.24) is 9.88 Å². The molecule has 3 N–H and O–H groups in total. The molecular weight excluding hydrogens is 526 g/mol. The van der Waals surface area contributed by atoms with Gasteiger partial charge < -0.3 is 29.7 Å². The molecule has 1 aromatic carbocycles. The minimum atomic E-state index is -0.184. The minimum Gasteiger partial charge on any atom is -0.370 e. The van der Waals surface area contributed by atoms with E-state index in [9.17, 15) is 14.4 Å². The Kier molecular flexibility index (Phi) is 7.99. The van der Waals surface area contributed by atoms with Crippen LogP contribution in [0.1, 0.15) is 44.5 Å². The van der Waals surface area contributed by atoms with Crippen LogP contribution < -0.4 is 26.0 Å². The Balaban J connectivity index is 1.19. The summed E-state index contributed by atoms with van der Waals surface area (Å²) in [6, 6.07) is 14.8. The first-order chi connectivity index (χ1) is 19.5. The Morgan fingerprint density at radius 1 is 1.02 bits per heavy atom. The molecule has 2 atom stereocenters. The number of aromatic nitrogens is 1. The second-order valence-corrected chi connectivity index (χ2v) is 11.9. The third-order valence-electron chi connectivity index (χ3n) is 8.26. The van der Waals surface area contributed by atoms with Gasteiger partial charge in [-0.15, -0.1) is 11.3 Å². The maximum atomic E-state index is 13.1. The van der Waals surface area contributed by atoms with Crippen LogP contribution in [0.15, 0.2) is 58.7 Å². The first-order valence-corrected chi connectivity index (χ1v) is 15.1. The van der Waals surface area contributed by atoms with E-state index < -0.39 is 0 Å². The number of anilines is 2. The van der Waals surface area contributed by atoms with Crippen molar-refractivity contribution in [3.63, 3.8) is 0 Å². The van der Waals surface area contributed by atoms with Crippen molar-refractivity contribution < 1.29 is 19.2 Å². The smallest absolute Gasteiger partial charge is 0.265 e. The van der Waals surface area contributed by atoms with Crippen LogP contribution >= 0.6 is 11.3 Å². The highest BCUT2D eigenvalue weighted by atomic mass is 32.1. The molecule has 3 aromatic rings. The number of thiophene rings is 1. The topological polar surface area (TPSA) is 97.1 Å². The van der Waals surface area contributed by atoms with E-state index in [1.54, 1.807) is 18.2 Å². The zero-order valence-electron chi connectivity index (χ0n) is 22.6. The van der Waals surface area contributed by atoms with Gasteiger partial charge in [-0.1, -0.05) is 12.1 Å². The van der Waals surface area contributed by atoms with Crippen molar-refractivity contribution in [2.75, 3.05) is 62.7 Å². The Morgan fingerprint density at radius 2 is 1.90 bits per heavy atom. The van der Waals surface area contributed by atoms with E-state index in [2.05, 4.69) is 21.6 Å². The summed E-state index contributed by atoms with van der Waals surface area (Å²) in [7, 11) is 0. The normalized spacial score (nSPS) is 20.6. The summed E-state index contributed by atoms with van der Waals surface area (Å²) in [5.74, 6) is 0.248. The molecule has 0 aliphatic carbocycles. The van der Waals surface area contributed by atoms with Crippen LogP contribution in [0.2, 0.25) is 0 Å². The molecule has 9 nitrogen and oxygen atoms in total. The summed E-state index contributed by atoms with van der Waals surface area (Å²) in [6.07, 6.45) is 1.95. The van der Waals surface area contributed by atoms with E-state index >= 15 is 0 Å². The van der Waals surface area contributed by atoms with Gasteiger partial charge in [-0.25, -0.2) is 0 Å². The first kappa shape index (κ1) is 26.7. The molecule has 0 spiro atoms. The molecule has 2 fully saturated rings. The number of hydrogen-bond acceptors (Lipinski definition) is 6. The van der Waals surface area contributed by atoms with E-state index in [4.69, 9.17) is 4.74 Å². The number of amides is 2. The van der Waals surface area contributed by atoms with Crippen LogP contribution in [0.25, 0.3) is 0 Å². The molecule has 5 heterocycles. The van der Waals surface area contributed by atoms with Crippen LogP contribution in [0.4, 0.5) is 11.4 Å². The molecule has 2 bridgehead atoms. The van der Waals surface area contributed by atoms with E-state index in [1.807, 2.05) is 34.2 Å². The highest BCUT2D eigenvalue weighted by Crippen LogP contribution is 2.39. The van der Waals surface area contributed by atoms with Gasteiger partial charge in [-0.3, -0.25) is 14.4 Å². The van der Waals surface area contributed by atoms with Crippen molar-refractivity contribution in [3.8, 4) is 0 Å². The van der Waals surface area contributed by atoms with Gasteiger partial charge in [-0.05, 0) is 48.1 Å². The molecule has 3 aliphatic heterocycles. The lowest BCUT2D eigenvalue weighted by atomic mass is 9.83. The van der Waals surface area contributed by atoms with Crippen LogP contribution in [0, 0.1) is 5.92 Å². The van der Waals surface area contributed by atoms with Crippen molar-refractivity contribution >= 4 is 34.5 Å². The Hall–Kier alpha value is -3.47. The zero-order valence-corrected chi connectivity index (χ0v) is 23.4. The molecule has 3 aliphatic rings. The summed E-state index contributed by atoms with van der Waals surface area (Å²) in [6.45, 7) is 7.49. The van der Waals surface area contributed by atoms with E-state index in [-0.39, 0.29) is 23.3 Å². The highest BCUT2D eigenvalue weighted by molar-refractivity contribution is 7.12. The number of fused-ring (bicyclic) bond motifs is 4. The molecule has 6 rings (SSSR count). The quantitative estimate of drug-likeness (QED) is 0.364. The summed E-state index contributed by atoms with van der Waals surface area (Å²) < 4.78 is 7.34. The summed E-state index contributed by atoms with van der Waals surface area (Å²) in [5.41, 5.74) is 3.20. The summed E-state index contributed by atoms with van der Waals surface area (Å²) in [5, 5.41) is 8.02. The number of piperidine rings is 1. The number of ether oxygens (including phenoxy) is 1. The molecule has 210 valence electrons. The standard InChI is InChI=1S/C30H35N5O4S/c36-28-6-1-4-25-23-16-21(19-35(25)28)18-34(20-23)26-8-7-22(17-24(26)32-30(38)27-5-2-15-40-27)29(37)31-9-3-10-33-11-13-39-14-12-33/h1-2,4-8,15,17,21,23H,3,9-14,16,18-20H2,(H,31,37)(H,32,38)/p+1. The molecule has 0 radical (unpaired) electrons. The third kappa shape index (κ3) is 5.84. The monoisotopic (exact) mass is 562 g/mol. The first-order valence-electron chi connectivity index (χ1n) is 14.2. The number of benzene rings is 1. The maximum absolute atomic E-state index is 13.1. The Morgan fingerprint density at radius 3 is 2.73 bits per heavy atom. The second kappa shape index (κ2) is 12.0. The van der Waals surface area contributed by atoms with Gasteiger partial charge in [0.2, 0.25) is 0 Å². The molecule has 2 aromatic heterocycles. The predicted octanol–water partition coefficient (Wildman–Crippen LogP) is 1.82. The zero-order chi connectivity index (χ0) is 27.5. The molecule has 2 amide bonds. The van der Waals surface area contributed by atoms with Crippen molar-refractivity contribution in [2.45, 2.75) is 25.3 Å². The largest absolute Gasteiger partial charge is 0.370 e. The van der Waals surface area contributed by atoms with E-state index in [1.165, 1.54) is 16.2 Å². The molecule has 2 saturated heterocycles. The van der Waals surface area contributed by atoms with Crippen molar-refractivity contribution in [1.29, 1.82) is 0 Å². The molecule has 10 heteroatoms. The fourth-order valence-corrected chi connectivity index (χ4v) is 6.91. The number of morpholine rings is 1. The highest BCUT2D eigenvalue weighted by Gasteiger charge is 2.35. The number of pyridine rings is 1. The SMILES string of the molecule is O=C(NCCC[NH+]1CCOCC1)c1ccc(N2CC3CC(C2)c2cccc(=O)n2C3)c(NC(=O)c2cccs2)c1. The lowest BCUT2D eigenvalue weighted by Gasteiger charge is -2.44. The van der Waals surface area contributed by atoms with Gasteiger partial charge in [-0.2, -0.15) is 0 Å². The number of hydrogen-bond donors (Lipinski definition) is 3. The molecular formula is C30H36N5O4S+. The summed E-state index contributed by atoms with van der Waals surface area (Å²) in [4.78, 5) is 43.1. The Labute approximate surface area is 237 Å². The van der Waals surface area contributed by atoms with Gasteiger partial charge >= 0.3 is 0 Å². The van der Waals surface area contributed by atoms with E-state index in [0.29, 0.717) is 35.1 Å². The van der Waals surface area contributed by atoms with Gasteiger partial charge in [0.05, 0.1) is 36.0 Å². The van der Waals surface area contributed by atoms with Crippen LogP contribution in [-0.4, -0.2) is 68.9 Å². The lowest BCUT2D eigenvalue weighted by Crippen LogP contribution is -3.14. The van der Waals surface area contributed by atoms with Gasteiger partial charge in [0, 0.05) is 55.8 Å². The lowest BCUT2D eigenvalue weighted by molar-refractivity contribution is -0.908. The number of nitrogens with zero attached hydrogens (tertiary/aromatic N) is 2. The number of carbonyl (C=O) groups is 2. The van der Waals surface area contributed by atoms with Crippen molar-refractivity contribution in [2.24, 2.45) is 5.92 Å².